The summed E-state index contributed by atoms with van der Waals surface area (Å²) in [5.74, 6) is 0.0350. The van der Waals surface area contributed by atoms with Crippen LogP contribution in [0.2, 0.25) is 0 Å². The van der Waals surface area contributed by atoms with E-state index in [0.29, 0.717) is 25.9 Å². The number of aromatic nitrogens is 2. The van der Waals surface area contributed by atoms with Gasteiger partial charge in [-0.05, 0) is 43.2 Å². The van der Waals surface area contributed by atoms with Crippen LogP contribution in [-0.2, 0) is 26.8 Å². The predicted octanol–water partition coefficient (Wildman–Crippen LogP) is 3.36. The maximum atomic E-state index is 12.9. The van der Waals surface area contributed by atoms with Gasteiger partial charge in [0.1, 0.15) is 0 Å². The number of sulfonamides is 1. The van der Waals surface area contributed by atoms with Crippen molar-refractivity contribution in [2.75, 3.05) is 18.5 Å². The van der Waals surface area contributed by atoms with Crippen molar-refractivity contribution in [2.45, 2.75) is 50.5 Å². The van der Waals surface area contributed by atoms with Gasteiger partial charge in [0.25, 0.3) is 0 Å². The van der Waals surface area contributed by atoms with Gasteiger partial charge in [-0.1, -0.05) is 32.0 Å². The molecular formula is C23H28N4O3S. The predicted molar refractivity (Wildman–Crippen MR) is 122 cm³/mol. The molecule has 0 saturated carbocycles. The lowest BCUT2D eigenvalue weighted by Gasteiger charge is -2.37. The number of nitrogens with zero attached hydrogens (tertiary/aromatic N) is 3. The van der Waals surface area contributed by atoms with Crippen LogP contribution in [0.4, 0.5) is 5.69 Å². The Morgan fingerprint density at radius 3 is 2.65 bits per heavy atom. The van der Waals surface area contributed by atoms with Gasteiger partial charge in [0.05, 0.1) is 10.4 Å². The van der Waals surface area contributed by atoms with E-state index < -0.39 is 15.4 Å². The van der Waals surface area contributed by atoms with E-state index in [0.717, 1.165) is 27.8 Å². The highest BCUT2D eigenvalue weighted by Crippen LogP contribution is 2.40. The van der Waals surface area contributed by atoms with Crippen LogP contribution in [0.3, 0.4) is 0 Å². The van der Waals surface area contributed by atoms with Gasteiger partial charge < -0.3 is 4.90 Å². The molecular weight excluding hydrogens is 412 g/mol. The highest BCUT2D eigenvalue weighted by Gasteiger charge is 2.36. The van der Waals surface area contributed by atoms with Crippen molar-refractivity contribution < 1.29 is 13.2 Å². The molecule has 1 amide bonds. The van der Waals surface area contributed by atoms with Gasteiger partial charge in [0, 0.05) is 48.7 Å². The van der Waals surface area contributed by atoms with Gasteiger partial charge in [-0.2, -0.15) is 5.10 Å². The first-order chi connectivity index (χ1) is 14.6. The molecule has 2 aromatic carbocycles. The third kappa shape index (κ3) is 3.97. The zero-order valence-electron chi connectivity index (χ0n) is 18.3. The second-order valence-electron chi connectivity index (χ2n) is 8.77. The first-order valence-corrected chi connectivity index (χ1v) is 11.9. The third-order valence-corrected chi connectivity index (χ3v) is 7.54. The normalized spacial score (nSPS) is 16.0. The molecule has 0 unspecified atom stereocenters. The summed E-state index contributed by atoms with van der Waals surface area (Å²) in [6.45, 7) is 6.91. The minimum atomic E-state index is -3.65. The molecule has 8 heteroatoms. The van der Waals surface area contributed by atoms with Crippen molar-refractivity contribution in [1.82, 2.24) is 14.5 Å². The van der Waals surface area contributed by atoms with E-state index in [9.17, 15) is 13.2 Å². The molecule has 31 heavy (non-hydrogen) atoms. The Hall–Kier alpha value is -2.71. The van der Waals surface area contributed by atoms with Crippen molar-refractivity contribution in [3.05, 3.63) is 53.7 Å². The van der Waals surface area contributed by atoms with Crippen molar-refractivity contribution in [3.63, 3.8) is 0 Å². The molecule has 2 heterocycles. The summed E-state index contributed by atoms with van der Waals surface area (Å²) in [4.78, 5) is 14.0. The van der Waals surface area contributed by atoms with E-state index in [1.807, 2.05) is 49.7 Å². The fourth-order valence-electron chi connectivity index (χ4n) is 4.19. The summed E-state index contributed by atoms with van der Waals surface area (Å²) in [5, 5.41) is 5.70. The van der Waals surface area contributed by atoms with Gasteiger partial charge in [-0.3, -0.25) is 9.48 Å². The van der Waals surface area contributed by atoms with Gasteiger partial charge in [0.15, 0.2) is 0 Å². The van der Waals surface area contributed by atoms with Gasteiger partial charge in [0.2, 0.25) is 15.9 Å². The summed E-state index contributed by atoms with van der Waals surface area (Å²) < 4.78 is 30.4. The van der Waals surface area contributed by atoms with Crippen molar-refractivity contribution in [2.24, 2.45) is 0 Å². The average molecular weight is 441 g/mol. The van der Waals surface area contributed by atoms with Gasteiger partial charge >= 0.3 is 0 Å². The number of anilines is 1. The molecule has 0 spiro atoms. The SMILES string of the molecule is Cc1c2ccccc2nn1CCCNS(=O)(=O)c1ccc2c(c1)C(C)(C)CC(=O)N2C. The highest BCUT2D eigenvalue weighted by molar-refractivity contribution is 7.89. The number of benzene rings is 2. The second kappa shape index (κ2) is 7.76. The Bertz CT molecular complexity index is 1260. The molecule has 0 radical (unpaired) electrons. The molecule has 4 rings (SSSR count). The Morgan fingerprint density at radius 1 is 1.16 bits per heavy atom. The van der Waals surface area contributed by atoms with Gasteiger partial charge in [-0.25, -0.2) is 13.1 Å². The summed E-state index contributed by atoms with van der Waals surface area (Å²) in [6, 6.07) is 13.0. The van der Waals surface area contributed by atoms with Crippen LogP contribution in [0, 0.1) is 6.92 Å². The molecule has 0 aliphatic carbocycles. The van der Waals surface area contributed by atoms with Crippen molar-refractivity contribution >= 4 is 32.5 Å². The van der Waals surface area contributed by atoms with Crippen molar-refractivity contribution in [1.29, 1.82) is 0 Å². The Labute approximate surface area is 183 Å². The number of amides is 1. The molecule has 1 aliphatic heterocycles. The largest absolute Gasteiger partial charge is 0.315 e. The summed E-state index contributed by atoms with van der Waals surface area (Å²) in [7, 11) is -1.92. The maximum absolute atomic E-state index is 12.9. The van der Waals surface area contributed by atoms with Crippen molar-refractivity contribution in [3.8, 4) is 0 Å². The first-order valence-electron chi connectivity index (χ1n) is 10.4. The zero-order chi connectivity index (χ0) is 22.4. The van der Waals surface area contributed by atoms with Crippen LogP contribution in [0.15, 0.2) is 47.4 Å². The Balaban J connectivity index is 1.46. The monoisotopic (exact) mass is 440 g/mol. The van der Waals surface area contributed by atoms with E-state index in [1.165, 1.54) is 0 Å². The molecule has 0 atom stereocenters. The molecule has 1 aliphatic rings. The number of aryl methyl sites for hydroxylation is 2. The molecule has 0 fully saturated rings. The van der Waals surface area contributed by atoms with Crippen LogP contribution < -0.4 is 9.62 Å². The van der Waals surface area contributed by atoms with E-state index >= 15 is 0 Å². The fourth-order valence-corrected chi connectivity index (χ4v) is 5.29. The second-order valence-corrected chi connectivity index (χ2v) is 10.5. The smallest absolute Gasteiger partial charge is 0.240 e. The first kappa shape index (κ1) is 21.5. The average Bonchev–Trinajstić information content (AvgIpc) is 3.05. The van der Waals surface area contributed by atoms with E-state index in [1.54, 1.807) is 30.1 Å². The van der Waals surface area contributed by atoms with Crippen LogP contribution in [0.25, 0.3) is 10.9 Å². The molecule has 7 nitrogen and oxygen atoms in total. The minimum Gasteiger partial charge on any atom is -0.315 e. The third-order valence-electron chi connectivity index (χ3n) is 6.08. The molecule has 3 aromatic rings. The standard InChI is InChI=1S/C23H28N4O3S/c1-16-18-8-5-6-9-20(18)25-27(16)13-7-12-24-31(29,30)17-10-11-21-19(14-17)23(2,3)15-22(28)26(21)4/h5-6,8-11,14,24H,7,12-13,15H2,1-4H3. The Kier molecular flexibility index (Phi) is 5.39. The molecule has 1 aromatic heterocycles. The number of hydrogen-bond acceptors (Lipinski definition) is 4. The number of nitrogens with one attached hydrogen (secondary N) is 1. The van der Waals surface area contributed by atoms with E-state index in [-0.39, 0.29) is 10.8 Å². The Morgan fingerprint density at radius 2 is 1.90 bits per heavy atom. The summed E-state index contributed by atoms with van der Waals surface area (Å²) >= 11 is 0. The summed E-state index contributed by atoms with van der Waals surface area (Å²) in [6.07, 6.45) is 0.979. The lowest BCUT2D eigenvalue weighted by atomic mass is 9.77. The highest BCUT2D eigenvalue weighted by atomic mass is 32.2. The fraction of sp³-hybridized carbons (Fsp3) is 0.391. The van der Waals surface area contributed by atoms with Gasteiger partial charge in [-0.15, -0.1) is 0 Å². The van der Waals surface area contributed by atoms with Crippen LogP contribution in [0.1, 0.15) is 37.9 Å². The summed E-state index contributed by atoms with van der Waals surface area (Å²) in [5.41, 5.74) is 3.25. The lowest BCUT2D eigenvalue weighted by Crippen LogP contribution is -2.39. The molecule has 164 valence electrons. The topological polar surface area (TPSA) is 84.3 Å². The van der Waals surface area contributed by atoms with Crippen LogP contribution >= 0.6 is 0 Å². The maximum Gasteiger partial charge on any atom is 0.240 e. The number of fused-ring (bicyclic) bond motifs is 2. The van der Waals surface area contributed by atoms with E-state index in [2.05, 4.69) is 9.82 Å². The number of rotatable bonds is 6. The minimum absolute atomic E-state index is 0.0350. The quantitative estimate of drug-likeness (QED) is 0.596. The van der Waals surface area contributed by atoms with Crippen LogP contribution in [-0.4, -0.2) is 37.7 Å². The number of hydrogen-bond donors (Lipinski definition) is 1. The zero-order valence-corrected chi connectivity index (χ0v) is 19.2. The van der Waals surface area contributed by atoms with Crippen LogP contribution in [0.5, 0.6) is 0 Å². The molecule has 0 bridgehead atoms. The number of carbonyl (C=O) groups is 1. The number of carbonyl (C=O) groups excluding carboxylic acids is 1. The van der Waals surface area contributed by atoms with E-state index in [4.69, 9.17) is 0 Å². The molecule has 1 N–H and O–H groups in total. The molecule has 0 saturated heterocycles. The lowest BCUT2D eigenvalue weighted by molar-refractivity contribution is -0.119.